The van der Waals surface area contributed by atoms with Crippen molar-refractivity contribution in [3.63, 3.8) is 0 Å². The van der Waals surface area contributed by atoms with Crippen LogP contribution in [0.2, 0.25) is 0 Å². The molecule has 0 saturated carbocycles. The maximum atomic E-state index is 13.0. The summed E-state index contributed by atoms with van der Waals surface area (Å²) in [4.78, 5) is 14.8. The highest BCUT2D eigenvalue weighted by atomic mass is 32.2. The van der Waals surface area contributed by atoms with Crippen LogP contribution in [-0.2, 0) is 21.4 Å². The van der Waals surface area contributed by atoms with Crippen molar-refractivity contribution in [2.24, 2.45) is 0 Å². The van der Waals surface area contributed by atoms with Gasteiger partial charge in [-0.2, -0.15) is 4.31 Å². The number of sulfonamides is 1. The van der Waals surface area contributed by atoms with E-state index in [1.807, 2.05) is 18.2 Å². The van der Waals surface area contributed by atoms with E-state index < -0.39 is 16.1 Å². The van der Waals surface area contributed by atoms with Crippen molar-refractivity contribution in [1.29, 1.82) is 0 Å². The number of carbonyl (C=O) groups is 1. The van der Waals surface area contributed by atoms with Crippen molar-refractivity contribution in [3.8, 4) is 11.5 Å². The van der Waals surface area contributed by atoms with Crippen LogP contribution in [0.1, 0.15) is 24.8 Å². The maximum absolute atomic E-state index is 13.0. The molecule has 1 fully saturated rings. The lowest BCUT2D eigenvalue weighted by molar-refractivity contribution is -0.135. The smallest absolute Gasteiger partial charge is 0.241 e. The van der Waals surface area contributed by atoms with Gasteiger partial charge in [-0.15, -0.1) is 0 Å². The molecule has 1 saturated heterocycles. The fourth-order valence-corrected chi connectivity index (χ4v) is 4.63. The van der Waals surface area contributed by atoms with Gasteiger partial charge < -0.3 is 14.4 Å². The Kier molecular flexibility index (Phi) is 5.19. The first-order valence-electron chi connectivity index (χ1n) is 8.46. The molecule has 1 atom stereocenters. The highest BCUT2D eigenvalue weighted by Gasteiger charge is 2.38. The lowest BCUT2D eigenvalue weighted by Crippen LogP contribution is -2.47. The highest BCUT2D eigenvalue weighted by Crippen LogP contribution is 2.33. The van der Waals surface area contributed by atoms with Crippen LogP contribution in [0.5, 0.6) is 11.5 Å². The van der Waals surface area contributed by atoms with Gasteiger partial charge in [-0.25, -0.2) is 8.42 Å². The highest BCUT2D eigenvalue weighted by molar-refractivity contribution is 7.88. The summed E-state index contributed by atoms with van der Waals surface area (Å²) in [6.07, 6.45) is 3.14. The molecule has 0 spiro atoms. The third-order valence-electron chi connectivity index (χ3n) is 4.69. The SMILES string of the molecule is COc1cccc2c1OCCCN(C(=O)[C@@H]1CCCN1S(C)(=O)=O)C2. The van der Waals surface area contributed by atoms with Gasteiger partial charge in [0.25, 0.3) is 0 Å². The molecule has 2 aliphatic rings. The molecule has 2 aliphatic heterocycles. The zero-order valence-corrected chi connectivity index (χ0v) is 15.4. The Morgan fingerprint density at radius 2 is 2.08 bits per heavy atom. The summed E-state index contributed by atoms with van der Waals surface area (Å²) >= 11 is 0. The van der Waals surface area contributed by atoms with Crippen LogP contribution >= 0.6 is 0 Å². The molecule has 1 amide bonds. The Balaban J connectivity index is 1.85. The van der Waals surface area contributed by atoms with Crippen LogP contribution in [-0.4, -0.2) is 62.6 Å². The van der Waals surface area contributed by atoms with E-state index in [0.29, 0.717) is 57.0 Å². The van der Waals surface area contributed by atoms with Gasteiger partial charge in [-0.05, 0) is 25.3 Å². The molecule has 8 heteroatoms. The molecule has 1 aromatic carbocycles. The van der Waals surface area contributed by atoms with E-state index in [2.05, 4.69) is 0 Å². The zero-order chi connectivity index (χ0) is 18.0. The minimum Gasteiger partial charge on any atom is -0.493 e. The monoisotopic (exact) mass is 368 g/mol. The number of methoxy groups -OCH3 is 1. The predicted molar refractivity (Wildman–Crippen MR) is 93.1 cm³/mol. The van der Waals surface area contributed by atoms with E-state index in [-0.39, 0.29) is 5.91 Å². The van der Waals surface area contributed by atoms with E-state index in [0.717, 1.165) is 5.56 Å². The molecule has 0 N–H and O–H groups in total. The largest absolute Gasteiger partial charge is 0.493 e. The second kappa shape index (κ2) is 7.21. The minimum atomic E-state index is -3.38. The van der Waals surface area contributed by atoms with Crippen molar-refractivity contribution in [2.75, 3.05) is 33.1 Å². The van der Waals surface area contributed by atoms with Crippen LogP contribution in [0.15, 0.2) is 18.2 Å². The molecule has 0 aliphatic carbocycles. The molecule has 0 radical (unpaired) electrons. The molecular weight excluding hydrogens is 344 g/mol. The average Bonchev–Trinajstić information content (AvgIpc) is 3.04. The lowest BCUT2D eigenvalue weighted by Gasteiger charge is -2.31. The Morgan fingerprint density at radius 1 is 1.28 bits per heavy atom. The number of amides is 1. The third kappa shape index (κ3) is 3.74. The standard InChI is InChI=1S/C17H24N2O5S/c1-23-15-8-3-6-13-12-18(9-5-11-24-16(13)15)17(20)14-7-4-10-19(14)25(2,21)22/h3,6,8,14H,4-5,7,9-12H2,1-2H3/t14-/m0/s1. The predicted octanol–water partition coefficient (Wildman–Crippen LogP) is 1.23. The summed E-state index contributed by atoms with van der Waals surface area (Å²) in [5, 5.41) is 0. The second-order valence-electron chi connectivity index (χ2n) is 6.44. The first-order chi connectivity index (χ1) is 11.9. The first kappa shape index (κ1) is 18.0. The lowest BCUT2D eigenvalue weighted by atomic mass is 10.1. The number of rotatable bonds is 3. The fourth-order valence-electron chi connectivity index (χ4n) is 3.51. The van der Waals surface area contributed by atoms with Crippen molar-refractivity contribution in [3.05, 3.63) is 23.8 Å². The van der Waals surface area contributed by atoms with Crippen molar-refractivity contribution in [1.82, 2.24) is 9.21 Å². The first-order valence-corrected chi connectivity index (χ1v) is 10.3. The molecule has 0 aromatic heterocycles. The van der Waals surface area contributed by atoms with Crippen molar-refractivity contribution in [2.45, 2.75) is 31.8 Å². The Morgan fingerprint density at radius 3 is 2.80 bits per heavy atom. The van der Waals surface area contributed by atoms with Crippen molar-refractivity contribution < 1.29 is 22.7 Å². The second-order valence-corrected chi connectivity index (χ2v) is 8.38. The quantitative estimate of drug-likeness (QED) is 0.802. The van der Waals surface area contributed by atoms with Gasteiger partial charge >= 0.3 is 0 Å². The Bertz CT molecular complexity index is 749. The van der Waals surface area contributed by atoms with Crippen LogP contribution < -0.4 is 9.47 Å². The number of benzene rings is 1. The molecule has 7 nitrogen and oxygen atoms in total. The summed E-state index contributed by atoms with van der Waals surface area (Å²) in [6.45, 7) is 1.83. The van der Waals surface area contributed by atoms with Gasteiger partial charge in [-0.1, -0.05) is 12.1 Å². The van der Waals surface area contributed by atoms with Gasteiger partial charge in [0.2, 0.25) is 15.9 Å². The van der Waals surface area contributed by atoms with Crippen LogP contribution in [0.3, 0.4) is 0 Å². The molecule has 3 rings (SSSR count). The summed E-state index contributed by atoms with van der Waals surface area (Å²) in [6, 6.07) is 5.01. The zero-order valence-electron chi connectivity index (χ0n) is 14.6. The summed E-state index contributed by atoms with van der Waals surface area (Å²) in [5.41, 5.74) is 0.872. The number of nitrogens with zero attached hydrogens (tertiary/aromatic N) is 2. The van der Waals surface area contributed by atoms with E-state index in [1.165, 1.54) is 10.6 Å². The van der Waals surface area contributed by atoms with Crippen LogP contribution in [0, 0.1) is 0 Å². The molecule has 0 bridgehead atoms. The van der Waals surface area contributed by atoms with Crippen molar-refractivity contribution >= 4 is 15.9 Å². The topological polar surface area (TPSA) is 76.2 Å². The van der Waals surface area contributed by atoms with Gasteiger partial charge in [-0.3, -0.25) is 4.79 Å². The van der Waals surface area contributed by atoms with Gasteiger partial charge in [0.05, 0.1) is 20.0 Å². The van der Waals surface area contributed by atoms with Gasteiger partial charge in [0, 0.05) is 25.2 Å². The summed E-state index contributed by atoms with van der Waals surface area (Å²) < 4.78 is 36.4. The van der Waals surface area contributed by atoms with Crippen LogP contribution in [0.4, 0.5) is 0 Å². The van der Waals surface area contributed by atoms with Gasteiger partial charge in [0.1, 0.15) is 6.04 Å². The Labute approximate surface area is 148 Å². The number of ether oxygens (including phenoxy) is 2. The molecular formula is C17H24N2O5S. The minimum absolute atomic E-state index is 0.126. The number of hydrogen-bond donors (Lipinski definition) is 0. The molecule has 2 heterocycles. The van der Waals surface area contributed by atoms with Crippen LogP contribution in [0.25, 0.3) is 0 Å². The van der Waals surface area contributed by atoms with E-state index in [1.54, 1.807) is 12.0 Å². The maximum Gasteiger partial charge on any atom is 0.241 e. The van der Waals surface area contributed by atoms with E-state index in [9.17, 15) is 13.2 Å². The third-order valence-corrected chi connectivity index (χ3v) is 5.98. The summed E-state index contributed by atoms with van der Waals surface area (Å²) in [7, 11) is -1.80. The fraction of sp³-hybridized carbons (Fsp3) is 0.588. The van der Waals surface area contributed by atoms with Gasteiger partial charge in [0.15, 0.2) is 11.5 Å². The summed E-state index contributed by atoms with van der Waals surface area (Å²) in [5.74, 6) is 1.18. The molecule has 1 aromatic rings. The van der Waals surface area contributed by atoms with E-state index >= 15 is 0 Å². The molecule has 25 heavy (non-hydrogen) atoms. The number of hydrogen-bond acceptors (Lipinski definition) is 5. The van der Waals surface area contributed by atoms with E-state index in [4.69, 9.17) is 9.47 Å². The number of carbonyl (C=O) groups excluding carboxylic acids is 1. The number of fused-ring (bicyclic) bond motifs is 1. The number of para-hydroxylation sites is 1. The Hall–Kier alpha value is -1.80. The molecule has 0 unspecified atom stereocenters. The molecule has 138 valence electrons. The normalized spacial score (nSPS) is 21.8. The average molecular weight is 368 g/mol.